The number of hydrogen-bond donors (Lipinski definition) is 1. The van der Waals surface area contributed by atoms with Gasteiger partial charge in [0.15, 0.2) is 0 Å². The third-order valence-corrected chi connectivity index (χ3v) is 3.04. The van der Waals surface area contributed by atoms with Crippen molar-refractivity contribution >= 4 is 0 Å². The number of nitrogens with zero attached hydrogens (tertiary/aromatic N) is 1. The minimum Gasteiger partial charge on any atom is -0.326 e. The van der Waals surface area contributed by atoms with E-state index in [-0.39, 0.29) is 17.9 Å². The van der Waals surface area contributed by atoms with E-state index in [9.17, 15) is 4.39 Å². The van der Waals surface area contributed by atoms with E-state index in [0.29, 0.717) is 0 Å². The number of nitrogens with two attached hydrogens (primary N) is 1. The van der Waals surface area contributed by atoms with Crippen molar-refractivity contribution in [3.8, 4) is 0 Å². The molecule has 0 saturated heterocycles. The van der Waals surface area contributed by atoms with Crippen LogP contribution in [-0.2, 0) is 0 Å². The van der Waals surface area contributed by atoms with Gasteiger partial charge in [0, 0.05) is 12.1 Å². The summed E-state index contributed by atoms with van der Waals surface area (Å²) in [5.41, 5.74) is 7.07. The summed E-state index contributed by atoms with van der Waals surface area (Å²) in [4.78, 5) is 2.16. The molecule has 0 spiro atoms. The first kappa shape index (κ1) is 13.1. The van der Waals surface area contributed by atoms with Crippen LogP contribution in [0.15, 0.2) is 24.3 Å². The molecule has 0 fully saturated rings. The van der Waals surface area contributed by atoms with Crippen molar-refractivity contribution in [2.24, 2.45) is 5.73 Å². The molecular formula is C13H21FN2. The molecule has 0 aliphatic carbocycles. The number of rotatable bonds is 5. The van der Waals surface area contributed by atoms with Gasteiger partial charge in [0.2, 0.25) is 0 Å². The zero-order valence-electron chi connectivity index (χ0n) is 10.3. The first-order valence-electron chi connectivity index (χ1n) is 5.81. The molecule has 0 aliphatic rings. The van der Waals surface area contributed by atoms with Crippen molar-refractivity contribution in [1.29, 1.82) is 0 Å². The lowest BCUT2D eigenvalue weighted by molar-refractivity contribution is 0.219. The van der Waals surface area contributed by atoms with Gasteiger partial charge in [-0.05, 0) is 37.7 Å². The van der Waals surface area contributed by atoms with Gasteiger partial charge in [-0.25, -0.2) is 4.39 Å². The van der Waals surface area contributed by atoms with Crippen molar-refractivity contribution in [3.63, 3.8) is 0 Å². The number of benzene rings is 1. The largest absolute Gasteiger partial charge is 0.326 e. The second kappa shape index (κ2) is 5.97. The van der Waals surface area contributed by atoms with Gasteiger partial charge in [0.05, 0.1) is 0 Å². The second-order valence-corrected chi connectivity index (χ2v) is 4.15. The van der Waals surface area contributed by atoms with Crippen molar-refractivity contribution in [3.05, 3.63) is 35.6 Å². The fourth-order valence-electron chi connectivity index (χ4n) is 1.94. The molecule has 2 atom stereocenters. The van der Waals surface area contributed by atoms with E-state index in [2.05, 4.69) is 18.7 Å². The Morgan fingerprint density at radius 3 is 2.56 bits per heavy atom. The normalized spacial score (nSPS) is 15.1. The number of likely N-dealkylation sites (N-methyl/N-ethyl adjacent to an activating group) is 1. The molecule has 3 heteroatoms. The van der Waals surface area contributed by atoms with Crippen molar-refractivity contribution < 1.29 is 4.39 Å². The SMILES string of the molecule is CCC(N)C(c1cccc(F)c1)N(C)CC. The van der Waals surface area contributed by atoms with Crippen LogP contribution in [0.5, 0.6) is 0 Å². The molecule has 16 heavy (non-hydrogen) atoms. The molecule has 0 radical (unpaired) electrons. The van der Waals surface area contributed by atoms with Gasteiger partial charge >= 0.3 is 0 Å². The van der Waals surface area contributed by atoms with E-state index >= 15 is 0 Å². The van der Waals surface area contributed by atoms with Crippen LogP contribution in [-0.4, -0.2) is 24.5 Å². The molecule has 2 N–H and O–H groups in total. The van der Waals surface area contributed by atoms with Crippen molar-refractivity contribution in [1.82, 2.24) is 4.90 Å². The van der Waals surface area contributed by atoms with Crippen molar-refractivity contribution in [2.75, 3.05) is 13.6 Å². The topological polar surface area (TPSA) is 29.3 Å². The lowest BCUT2D eigenvalue weighted by Gasteiger charge is -2.32. The lowest BCUT2D eigenvalue weighted by atomic mass is 9.96. The molecule has 0 amide bonds. The van der Waals surface area contributed by atoms with E-state index in [1.165, 1.54) is 6.07 Å². The quantitative estimate of drug-likeness (QED) is 0.833. The first-order chi connectivity index (χ1) is 7.60. The summed E-state index contributed by atoms with van der Waals surface area (Å²) in [5, 5.41) is 0. The molecule has 2 nitrogen and oxygen atoms in total. The zero-order chi connectivity index (χ0) is 12.1. The molecule has 0 aromatic heterocycles. The van der Waals surface area contributed by atoms with Crippen LogP contribution in [0.1, 0.15) is 31.9 Å². The maximum absolute atomic E-state index is 13.2. The summed E-state index contributed by atoms with van der Waals surface area (Å²) in [5.74, 6) is -0.199. The van der Waals surface area contributed by atoms with Gasteiger partial charge in [-0.3, -0.25) is 4.90 Å². The fourth-order valence-corrected chi connectivity index (χ4v) is 1.94. The highest BCUT2D eigenvalue weighted by molar-refractivity contribution is 5.21. The van der Waals surface area contributed by atoms with Crippen LogP contribution in [0.2, 0.25) is 0 Å². The Bertz CT molecular complexity index is 317. The molecule has 90 valence electrons. The Morgan fingerprint density at radius 1 is 1.38 bits per heavy atom. The molecule has 2 unspecified atom stereocenters. The Balaban J connectivity index is 3.00. The number of halogens is 1. The van der Waals surface area contributed by atoms with Gasteiger partial charge in [0.25, 0.3) is 0 Å². The summed E-state index contributed by atoms with van der Waals surface area (Å²) < 4.78 is 13.2. The molecule has 1 aromatic carbocycles. The highest BCUT2D eigenvalue weighted by Crippen LogP contribution is 2.24. The minimum atomic E-state index is -0.199. The predicted molar refractivity (Wildman–Crippen MR) is 65.7 cm³/mol. The van der Waals surface area contributed by atoms with Gasteiger partial charge in [-0.15, -0.1) is 0 Å². The van der Waals surface area contributed by atoms with Gasteiger partial charge in [-0.1, -0.05) is 26.0 Å². The molecule has 0 aliphatic heterocycles. The summed E-state index contributed by atoms with van der Waals surface area (Å²) in [6.07, 6.45) is 0.880. The van der Waals surface area contributed by atoms with E-state index in [1.807, 2.05) is 13.1 Å². The maximum atomic E-state index is 13.2. The second-order valence-electron chi connectivity index (χ2n) is 4.15. The summed E-state index contributed by atoms with van der Waals surface area (Å²) >= 11 is 0. The average Bonchev–Trinajstić information content (AvgIpc) is 2.29. The lowest BCUT2D eigenvalue weighted by Crippen LogP contribution is -2.38. The minimum absolute atomic E-state index is 0.0340. The molecule has 0 saturated carbocycles. The van der Waals surface area contributed by atoms with Gasteiger partial charge in [0.1, 0.15) is 5.82 Å². The van der Waals surface area contributed by atoms with Crippen LogP contribution >= 0.6 is 0 Å². The van der Waals surface area contributed by atoms with Crippen LogP contribution in [0, 0.1) is 5.82 Å². The smallest absolute Gasteiger partial charge is 0.123 e. The molecule has 0 bridgehead atoms. The van der Waals surface area contributed by atoms with E-state index in [0.717, 1.165) is 18.5 Å². The summed E-state index contributed by atoms with van der Waals surface area (Å²) in [7, 11) is 2.02. The standard InChI is InChI=1S/C13H21FN2/c1-4-12(15)13(16(3)5-2)10-7-6-8-11(14)9-10/h6-9,12-13H,4-5,15H2,1-3H3. The van der Waals surface area contributed by atoms with E-state index < -0.39 is 0 Å². The predicted octanol–water partition coefficient (Wildman–Crippen LogP) is 2.56. The van der Waals surface area contributed by atoms with Crippen LogP contribution in [0.3, 0.4) is 0 Å². The first-order valence-corrected chi connectivity index (χ1v) is 5.81. The fraction of sp³-hybridized carbons (Fsp3) is 0.538. The zero-order valence-corrected chi connectivity index (χ0v) is 10.3. The Morgan fingerprint density at radius 2 is 2.06 bits per heavy atom. The molecule has 1 rings (SSSR count). The molecular weight excluding hydrogens is 203 g/mol. The monoisotopic (exact) mass is 224 g/mol. The number of hydrogen-bond acceptors (Lipinski definition) is 2. The molecule has 0 heterocycles. The molecule has 1 aromatic rings. The average molecular weight is 224 g/mol. The Hall–Kier alpha value is -0.930. The van der Waals surface area contributed by atoms with Crippen LogP contribution in [0.25, 0.3) is 0 Å². The van der Waals surface area contributed by atoms with E-state index in [1.54, 1.807) is 12.1 Å². The Labute approximate surface area is 97.3 Å². The summed E-state index contributed by atoms with van der Waals surface area (Å²) in [6.45, 7) is 5.03. The third kappa shape index (κ3) is 3.03. The highest BCUT2D eigenvalue weighted by Gasteiger charge is 2.22. The van der Waals surface area contributed by atoms with Crippen LogP contribution < -0.4 is 5.73 Å². The van der Waals surface area contributed by atoms with E-state index in [4.69, 9.17) is 5.73 Å². The Kier molecular flexibility index (Phi) is 4.90. The summed E-state index contributed by atoms with van der Waals surface area (Å²) in [6, 6.07) is 6.84. The van der Waals surface area contributed by atoms with Gasteiger partial charge in [-0.2, -0.15) is 0 Å². The highest BCUT2D eigenvalue weighted by atomic mass is 19.1. The maximum Gasteiger partial charge on any atom is 0.123 e. The third-order valence-electron chi connectivity index (χ3n) is 3.04. The van der Waals surface area contributed by atoms with Crippen LogP contribution in [0.4, 0.5) is 4.39 Å². The van der Waals surface area contributed by atoms with Gasteiger partial charge < -0.3 is 5.73 Å². The van der Waals surface area contributed by atoms with Crippen molar-refractivity contribution in [2.45, 2.75) is 32.4 Å².